The maximum Gasteiger partial charge on any atom is 0.281 e. The third kappa shape index (κ3) is 4.48. The smallest absolute Gasteiger partial charge is 0.281 e. The molecule has 8 nitrogen and oxygen atoms in total. The molecule has 35 heavy (non-hydrogen) atoms. The van der Waals surface area contributed by atoms with Crippen molar-refractivity contribution in [1.82, 2.24) is 14.7 Å². The third-order valence-corrected chi connectivity index (χ3v) is 7.97. The van der Waals surface area contributed by atoms with Crippen LogP contribution in [0.5, 0.6) is 0 Å². The summed E-state index contributed by atoms with van der Waals surface area (Å²) in [6, 6.07) is 16.2. The van der Waals surface area contributed by atoms with Crippen molar-refractivity contribution in [3.8, 4) is 0 Å². The van der Waals surface area contributed by atoms with E-state index in [-0.39, 0.29) is 16.1 Å². The normalized spacial score (nSPS) is 19.0. The molecule has 182 valence electrons. The number of nitrogens with one attached hydrogen (secondary N) is 1. The predicted octanol–water partition coefficient (Wildman–Crippen LogP) is 3.74. The molecule has 5 rings (SSSR count). The molecule has 3 aromatic rings. The Morgan fingerprint density at radius 2 is 1.74 bits per heavy atom. The van der Waals surface area contributed by atoms with Crippen molar-refractivity contribution < 1.29 is 13.2 Å². The van der Waals surface area contributed by atoms with Crippen LogP contribution in [0, 0.1) is 5.92 Å². The highest BCUT2D eigenvalue weighted by Crippen LogP contribution is 2.37. The molecular formula is C26H29N5O3S. The second-order valence-electron chi connectivity index (χ2n) is 10.0. The minimum absolute atomic E-state index is 0.190. The van der Waals surface area contributed by atoms with Gasteiger partial charge in [-0.3, -0.25) is 4.79 Å². The number of hydrogen-bond acceptors (Lipinski definition) is 7. The van der Waals surface area contributed by atoms with Crippen LogP contribution in [0.3, 0.4) is 0 Å². The van der Waals surface area contributed by atoms with Crippen molar-refractivity contribution in [3.05, 3.63) is 77.5 Å². The maximum absolute atomic E-state index is 13.2. The number of amides is 1. The van der Waals surface area contributed by atoms with Crippen LogP contribution in [0.25, 0.3) is 0 Å². The molecule has 2 aromatic heterocycles. The number of sulfonamides is 1. The number of benzene rings is 1. The first-order valence-electron chi connectivity index (χ1n) is 11.7. The average Bonchev–Trinajstić information content (AvgIpc) is 3.38. The predicted molar refractivity (Wildman–Crippen MR) is 135 cm³/mol. The zero-order chi connectivity index (χ0) is 24.8. The van der Waals surface area contributed by atoms with Gasteiger partial charge in [0.15, 0.2) is 5.03 Å². The van der Waals surface area contributed by atoms with E-state index in [2.05, 4.69) is 52.5 Å². The lowest BCUT2D eigenvalue weighted by Gasteiger charge is -2.33. The second kappa shape index (κ2) is 8.64. The topological polar surface area (TPSA) is 95.5 Å². The van der Waals surface area contributed by atoms with Crippen LogP contribution in [0.2, 0.25) is 0 Å². The van der Waals surface area contributed by atoms with Gasteiger partial charge >= 0.3 is 0 Å². The number of anilines is 2. The maximum atomic E-state index is 13.2. The van der Waals surface area contributed by atoms with Gasteiger partial charge in [-0.25, -0.2) is 14.7 Å². The van der Waals surface area contributed by atoms with Crippen LogP contribution in [0.4, 0.5) is 11.6 Å². The number of aromatic nitrogens is 2. The zero-order valence-corrected chi connectivity index (χ0v) is 20.9. The molecule has 4 heterocycles. The van der Waals surface area contributed by atoms with Crippen molar-refractivity contribution in [2.45, 2.75) is 50.8 Å². The molecule has 1 fully saturated rings. The van der Waals surface area contributed by atoms with Gasteiger partial charge in [0.25, 0.3) is 15.9 Å². The van der Waals surface area contributed by atoms with Gasteiger partial charge in [0.2, 0.25) is 0 Å². The Balaban J connectivity index is 1.38. The van der Waals surface area contributed by atoms with E-state index in [4.69, 9.17) is 0 Å². The van der Waals surface area contributed by atoms with Crippen molar-refractivity contribution in [2.75, 3.05) is 16.3 Å². The zero-order valence-electron chi connectivity index (χ0n) is 20.1. The summed E-state index contributed by atoms with van der Waals surface area (Å²) in [5.74, 6) is 0.761. The molecule has 2 aliphatic rings. The third-order valence-electron chi connectivity index (χ3n) is 6.74. The van der Waals surface area contributed by atoms with E-state index < -0.39 is 15.9 Å². The summed E-state index contributed by atoms with van der Waals surface area (Å²) < 4.78 is 28.5. The highest BCUT2D eigenvalue weighted by Gasteiger charge is 2.39. The number of fused-ring (bicyclic) bond motifs is 1. The molecule has 1 amide bonds. The van der Waals surface area contributed by atoms with E-state index in [1.54, 1.807) is 30.5 Å². The summed E-state index contributed by atoms with van der Waals surface area (Å²) in [6.45, 7) is 8.43. The first-order chi connectivity index (χ1) is 16.6. The van der Waals surface area contributed by atoms with Crippen molar-refractivity contribution in [1.29, 1.82) is 0 Å². The summed E-state index contributed by atoms with van der Waals surface area (Å²) in [4.78, 5) is 26.1. The molecule has 1 atom stereocenters. The average molecular weight is 492 g/mol. The van der Waals surface area contributed by atoms with Crippen LogP contribution in [0.15, 0.2) is 65.8 Å². The summed E-state index contributed by atoms with van der Waals surface area (Å²) >= 11 is 0. The van der Waals surface area contributed by atoms with E-state index >= 15 is 0 Å². The fourth-order valence-electron chi connectivity index (χ4n) is 5.20. The van der Waals surface area contributed by atoms with Crippen molar-refractivity contribution >= 4 is 27.6 Å². The van der Waals surface area contributed by atoms with Gasteiger partial charge in [0.1, 0.15) is 11.6 Å². The van der Waals surface area contributed by atoms with Gasteiger partial charge < -0.3 is 9.80 Å². The van der Waals surface area contributed by atoms with E-state index in [1.807, 2.05) is 17.0 Å². The van der Waals surface area contributed by atoms with Gasteiger partial charge in [-0.2, -0.15) is 8.42 Å². The number of carbonyl (C=O) groups is 1. The SMILES string of the molecule is CC1CN(c2ncccc2C(=O)NS(=O)(=O)c2cccc(N3Cc4ccccc4C3)n2)C(C)(C)C1. The molecule has 0 bridgehead atoms. The molecule has 0 radical (unpaired) electrons. The lowest BCUT2D eigenvalue weighted by molar-refractivity contribution is 0.0981. The summed E-state index contributed by atoms with van der Waals surface area (Å²) in [5.41, 5.74) is 2.42. The standard InChI is InChI=1S/C26H29N5O3S/c1-18-14-26(2,3)31(15-18)24-21(10-7-13-27-24)25(32)29-35(33,34)23-12-6-11-22(28-23)30-16-19-8-4-5-9-20(19)17-30/h4-13,18H,14-17H2,1-3H3,(H,29,32). The first-order valence-corrected chi connectivity index (χ1v) is 13.2. The highest BCUT2D eigenvalue weighted by atomic mass is 32.2. The van der Waals surface area contributed by atoms with Gasteiger partial charge in [-0.15, -0.1) is 0 Å². The van der Waals surface area contributed by atoms with Gasteiger partial charge in [-0.05, 0) is 61.6 Å². The molecule has 0 spiro atoms. The molecular weight excluding hydrogens is 462 g/mol. The molecule has 1 saturated heterocycles. The van der Waals surface area contributed by atoms with E-state index in [1.165, 1.54) is 17.2 Å². The number of hydrogen-bond donors (Lipinski definition) is 1. The Hall–Kier alpha value is -3.46. The van der Waals surface area contributed by atoms with Crippen LogP contribution in [-0.4, -0.2) is 36.4 Å². The van der Waals surface area contributed by atoms with Crippen LogP contribution >= 0.6 is 0 Å². The Kier molecular flexibility index (Phi) is 5.75. The number of pyridine rings is 2. The van der Waals surface area contributed by atoms with Gasteiger partial charge in [0, 0.05) is 31.4 Å². The number of nitrogens with zero attached hydrogens (tertiary/aromatic N) is 4. The molecule has 1 unspecified atom stereocenters. The molecule has 9 heteroatoms. The van der Waals surface area contributed by atoms with Crippen molar-refractivity contribution in [3.63, 3.8) is 0 Å². The quantitative estimate of drug-likeness (QED) is 0.581. The monoisotopic (exact) mass is 491 g/mol. The van der Waals surface area contributed by atoms with Gasteiger partial charge in [-0.1, -0.05) is 37.3 Å². The Labute approximate surface area is 206 Å². The minimum atomic E-state index is -4.19. The van der Waals surface area contributed by atoms with Gasteiger partial charge in [0.05, 0.1) is 5.56 Å². The van der Waals surface area contributed by atoms with Crippen LogP contribution in [-0.2, 0) is 23.1 Å². The van der Waals surface area contributed by atoms with E-state index in [0.29, 0.717) is 30.6 Å². The number of carbonyl (C=O) groups excluding carboxylic acids is 1. The lowest BCUT2D eigenvalue weighted by Crippen LogP contribution is -2.41. The van der Waals surface area contributed by atoms with Crippen molar-refractivity contribution in [2.24, 2.45) is 5.92 Å². The van der Waals surface area contributed by atoms with E-state index in [0.717, 1.165) is 13.0 Å². The lowest BCUT2D eigenvalue weighted by atomic mass is 9.97. The summed E-state index contributed by atoms with van der Waals surface area (Å²) in [6.07, 6.45) is 2.58. The second-order valence-corrected chi connectivity index (χ2v) is 11.6. The van der Waals surface area contributed by atoms with E-state index in [9.17, 15) is 13.2 Å². The fourth-order valence-corrected chi connectivity index (χ4v) is 6.13. The largest absolute Gasteiger partial charge is 0.351 e. The molecule has 0 saturated carbocycles. The molecule has 0 aliphatic carbocycles. The fraction of sp³-hybridized carbons (Fsp3) is 0.346. The number of rotatable bonds is 5. The summed E-state index contributed by atoms with van der Waals surface area (Å²) in [7, 11) is -4.19. The first kappa shape index (κ1) is 23.3. The highest BCUT2D eigenvalue weighted by molar-refractivity contribution is 7.90. The Morgan fingerprint density at radius 3 is 2.40 bits per heavy atom. The summed E-state index contributed by atoms with van der Waals surface area (Å²) in [5, 5.41) is -0.195. The minimum Gasteiger partial charge on any atom is -0.351 e. The molecule has 1 N–H and O–H groups in total. The Bertz CT molecular complexity index is 1360. The molecule has 2 aliphatic heterocycles. The van der Waals surface area contributed by atoms with Crippen LogP contribution < -0.4 is 14.5 Å². The molecule has 1 aromatic carbocycles. The Morgan fingerprint density at radius 1 is 1.03 bits per heavy atom. The van der Waals surface area contributed by atoms with Crippen LogP contribution in [0.1, 0.15) is 48.7 Å².